The molecule has 2 aliphatic heterocycles. The lowest BCUT2D eigenvalue weighted by Crippen LogP contribution is -2.47. The van der Waals surface area contributed by atoms with Gasteiger partial charge in [0.25, 0.3) is 0 Å². The Balaban J connectivity index is 1.74. The van der Waals surface area contributed by atoms with Crippen molar-refractivity contribution >= 4 is 0 Å². The molecule has 2 heterocycles. The van der Waals surface area contributed by atoms with Crippen LogP contribution in [0.5, 0.6) is 0 Å². The van der Waals surface area contributed by atoms with Crippen molar-refractivity contribution in [2.24, 2.45) is 5.92 Å². The number of likely N-dealkylation sites (N-methyl/N-ethyl adjacent to an activating group) is 1. The van der Waals surface area contributed by atoms with Gasteiger partial charge in [0.05, 0.1) is 0 Å². The van der Waals surface area contributed by atoms with Crippen LogP contribution in [0.2, 0.25) is 0 Å². The zero-order valence-corrected chi connectivity index (χ0v) is 14.0. The number of fused-ring (bicyclic) bond motifs is 2. The first-order chi connectivity index (χ1) is 10.1. The average molecular weight is 286 g/mol. The summed E-state index contributed by atoms with van der Waals surface area (Å²) in [4.78, 5) is 2.64. The third-order valence-corrected chi connectivity index (χ3v) is 6.14. The van der Waals surface area contributed by atoms with Crippen molar-refractivity contribution in [3.05, 3.63) is 34.9 Å². The molecule has 0 aromatic heterocycles. The molecule has 0 aliphatic carbocycles. The summed E-state index contributed by atoms with van der Waals surface area (Å²) < 4.78 is 0. The van der Waals surface area contributed by atoms with Gasteiger partial charge in [-0.05, 0) is 82.7 Å². The molecule has 21 heavy (non-hydrogen) atoms. The Morgan fingerprint density at radius 1 is 1.14 bits per heavy atom. The number of nitrogens with one attached hydrogen (secondary N) is 1. The number of aryl methyl sites for hydroxylation is 2. The van der Waals surface area contributed by atoms with Gasteiger partial charge in [0.1, 0.15) is 0 Å². The van der Waals surface area contributed by atoms with Crippen LogP contribution in [0.15, 0.2) is 18.2 Å². The molecule has 2 saturated heterocycles. The van der Waals surface area contributed by atoms with Crippen molar-refractivity contribution in [3.8, 4) is 0 Å². The smallest absolute Gasteiger partial charge is 0.0134 e. The second kappa shape index (κ2) is 6.10. The van der Waals surface area contributed by atoms with E-state index in [-0.39, 0.29) is 0 Å². The number of hydrogen-bond donors (Lipinski definition) is 1. The highest BCUT2D eigenvalue weighted by molar-refractivity contribution is 5.34. The van der Waals surface area contributed by atoms with E-state index in [1.54, 1.807) is 5.56 Å². The summed E-state index contributed by atoms with van der Waals surface area (Å²) in [6.07, 6.45) is 6.77. The summed E-state index contributed by atoms with van der Waals surface area (Å²) in [5.74, 6) is 0.836. The van der Waals surface area contributed by atoms with Crippen LogP contribution in [0, 0.1) is 19.8 Å². The predicted molar refractivity (Wildman–Crippen MR) is 89.8 cm³/mol. The molecular formula is C19H30N2. The highest BCUT2D eigenvalue weighted by Crippen LogP contribution is 2.39. The Morgan fingerprint density at radius 3 is 2.24 bits per heavy atom. The minimum absolute atomic E-state index is 0.626. The molecule has 1 N–H and O–H groups in total. The zero-order valence-electron chi connectivity index (χ0n) is 14.0. The van der Waals surface area contributed by atoms with Crippen LogP contribution >= 0.6 is 0 Å². The van der Waals surface area contributed by atoms with Gasteiger partial charge in [-0.3, -0.25) is 0 Å². The van der Waals surface area contributed by atoms with Crippen LogP contribution in [-0.4, -0.2) is 37.1 Å². The molecule has 116 valence electrons. The normalized spacial score (nSPS) is 30.6. The van der Waals surface area contributed by atoms with Crippen molar-refractivity contribution in [2.75, 3.05) is 14.1 Å². The number of piperidine rings is 1. The van der Waals surface area contributed by atoms with Gasteiger partial charge in [-0.1, -0.05) is 18.2 Å². The lowest BCUT2D eigenvalue weighted by Gasteiger charge is -2.40. The van der Waals surface area contributed by atoms with E-state index in [0.29, 0.717) is 6.04 Å². The summed E-state index contributed by atoms with van der Waals surface area (Å²) in [6.45, 7) is 4.51. The van der Waals surface area contributed by atoms with Gasteiger partial charge in [-0.2, -0.15) is 0 Å². The Hall–Kier alpha value is -0.860. The second-order valence-electron chi connectivity index (χ2n) is 7.25. The van der Waals surface area contributed by atoms with E-state index >= 15 is 0 Å². The van der Waals surface area contributed by atoms with Crippen LogP contribution < -0.4 is 5.32 Å². The van der Waals surface area contributed by atoms with Crippen LogP contribution in [0.3, 0.4) is 0 Å². The Kier molecular flexibility index (Phi) is 4.37. The topological polar surface area (TPSA) is 15.3 Å². The number of hydrogen-bond acceptors (Lipinski definition) is 2. The van der Waals surface area contributed by atoms with Gasteiger partial charge in [-0.25, -0.2) is 0 Å². The van der Waals surface area contributed by atoms with Gasteiger partial charge < -0.3 is 10.2 Å². The maximum absolute atomic E-state index is 3.64. The summed E-state index contributed by atoms with van der Waals surface area (Å²) in [5.41, 5.74) is 4.46. The molecule has 3 rings (SSSR count). The fourth-order valence-electron chi connectivity index (χ4n) is 4.68. The predicted octanol–water partition coefficient (Wildman–Crippen LogP) is 3.31. The van der Waals surface area contributed by atoms with Gasteiger partial charge in [0.15, 0.2) is 0 Å². The molecule has 2 bridgehead atoms. The second-order valence-corrected chi connectivity index (χ2v) is 7.25. The zero-order chi connectivity index (χ0) is 15.0. The van der Waals surface area contributed by atoms with Gasteiger partial charge in [-0.15, -0.1) is 0 Å². The minimum atomic E-state index is 0.626. The van der Waals surface area contributed by atoms with E-state index in [4.69, 9.17) is 0 Å². The van der Waals surface area contributed by atoms with Crippen LogP contribution in [0.4, 0.5) is 0 Å². The molecule has 0 spiro atoms. The third kappa shape index (κ3) is 2.89. The van der Waals surface area contributed by atoms with Gasteiger partial charge in [0, 0.05) is 18.1 Å². The van der Waals surface area contributed by atoms with Crippen molar-refractivity contribution in [1.82, 2.24) is 10.2 Å². The summed E-state index contributed by atoms with van der Waals surface area (Å²) in [6, 6.07) is 8.99. The van der Waals surface area contributed by atoms with Crippen LogP contribution in [0.1, 0.15) is 42.4 Å². The molecule has 3 atom stereocenters. The van der Waals surface area contributed by atoms with Crippen LogP contribution in [-0.2, 0) is 6.42 Å². The lowest BCUT2D eigenvalue weighted by molar-refractivity contribution is 0.114. The lowest BCUT2D eigenvalue weighted by atomic mass is 9.81. The first-order valence-corrected chi connectivity index (χ1v) is 8.54. The standard InChI is InChI=1S/C19H30N2/c1-13-6-5-7-14(2)18(13)12-19(20-3)15-10-16-8-9-17(11-15)21(16)4/h5-7,15-17,19-20H,8-12H2,1-4H3. The van der Waals surface area contributed by atoms with Crippen molar-refractivity contribution in [2.45, 2.75) is 64.1 Å². The van der Waals surface area contributed by atoms with E-state index in [9.17, 15) is 0 Å². The van der Waals surface area contributed by atoms with E-state index in [2.05, 4.69) is 56.4 Å². The molecule has 2 fully saturated rings. The largest absolute Gasteiger partial charge is 0.316 e. The monoisotopic (exact) mass is 286 g/mol. The van der Waals surface area contributed by atoms with Crippen LogP contribution in [0.25, 0.3) is 0 Å². The molecule has 1 aromatic carbocycles. The highest BCUT2D eigenvalue weighted by atomic mass is 15.2. The molecule has 0 saturated carbocycles. The Labute approximate surface area is 129 Å². The number of benzene rings is 1. The molecular weight excluding hydrogens is 256 g/mol. The van der Waals surface area contributed by atoms with E-state index in [1.165, 1.54) is 43.2 Å². The molecule has 0 radical (unpaired) electrons. The fourth-order valence-corrected chi connectivity index (χ4v) is 4.68. The molecule has 2 nitrogen and oxygen atoms in total. The summed E-state index contributed by atoms with van der Waals surface area (Å²) >= 11 is 0. The maximum Gasteiger partial charge on any atom is 0.0134 e. The minimum Gasteiger partial charge on any atom is -0.316 e. The summed E-state index contributed by atoms with van der Waals surface area (Å²) in [5, 5.41) is 3.64. The summed E-state index contributed by atoms with van der Waals surface area (Å²) in [7, 11) is 4.48. The first kappa shape index (κ1) is 15.1. The third-order valence-electron chi connectivity index (χ3n) is 6.14. The quantitative estimate of drug-likeness (QED) is 0.913. The van der Waals surface area contributed by atoms with Gasteiger partial charge in [0.2, 0.25) is 0 Å². The van der Waals surface area contributed by atoms with Gasteiger partial charge >= 0.3 is 0 Å². The first-order valence-electron chi connectivity index (χ1n) is 8.54. The van der Waals surface area contributed by atoms with E-state index in [1.807, 2.05) is 0 Å². The SMILES string of the molecule is CNC(Cc1c(C)cccc1C)C1CC2CCC(C1)N2C. The highest BCUT2D eigenvalue weighted by Gasteiger charge is 2.40. The number of rotatable bonds is 4. The van der Waals surface area contributed by atoms with Crippen molar-refractivity contribution in [1.29, 1.82) is 0 Å². The Morgan fingerprint density at radius 2 is 1.71 bits per heavy atom. The van der Waals surface area contributed by atoms with E-state index in [0.717, 1.165) is 18.0 Å². The molecule has 2 aliphatic rings. The Bertz CT molecular complexity index is 462. The maximum atomic E-state index is 3.64. The molecule has 3 unspecified atom stereocenters. The van der Waals surface area contributed by atoms with Crippen molar-refractivity contribution in [3.63, 3.8) is 0 Å². The van der Waals surface area contributed by atoms with E-state index < -0.39 is 0 Å². The van der Waals surface area contributed by atoms with Crippen molar-refractivity contribution < 1.29 is 0 Å². The number of nitrogens with zero attached hydrogens (tertiary/aromatic N) is 1. The molecule has 1 aromatic rings. The molecule has 0 amide bonds. The average Bonchev–Trinajstić information content (AvgIpc) is 2.69. The fraction of sp³-hybridized carbons (Fsp3) is 0.684. The molecule has 2 heteroatoms.